The highest BCUT2D eigenvalue weighted by Crippen LogP contribution is 2.14. The van der Waals surface area contributed by atoms with E-state index in [9.17, 15) is 9.59 Å². The first-order chi connectivity index (χ1) is 5.97. The largest absolute Gasteiger partial charge is 0.369 e. The van der Waals surface area contributed by atoms with Crippen molar-refractivity contribution in [2.24, 2.45) is 15.9 Å². The molecule has 7 heteroatoms. The van der Waals surface area contributed by atoms with Gasteiger partial charge in [-0.05, 0) is 24.3 Å². The predicted octanol–water partition coefficient (Wildman–Crippen LogP) is 0.370. The summed E-state index contributed by atoms with van der Waals surface area (Å²) in [6.45, 7) is 2.82. The molecule has 0 saturated heterocycles. The lowest BCUT2D eigenvalue weighted by Crippen LogP contribution is -2.41. The molecule has 1 aliphatic rings. The van der Waals surface area contributed by atoms with Crippen LogP contribution in [0, 0.1) is 16.7 Å². The molecular formula is C6H7N5O2. The summed E-state index contributed by atoms with van der Waals surface area (Å²) in [4.78, 5) is 22.0. The molecule has 0 spiro atoms. The van der Waals surface area contributed by atoms with Crippen LogP contribution >= 0.6 is 0 Å². The number of hydrogen-bond donors (Lipinski definition) is 1. The Morgan fingerprint density at radius 3 is 2.38 bits per heavy atom. The molecular weight excluding hydrogens is 174 g/mol. The molecule has 3 amide bonds. The summed E-state index contributed by atoms with van der Waals surface area (Å²) in [5.41, 5.74) is -1.23. The SMILES string of the molecule is CC(C)(C#N)C(=O)NC(=O)N1N=N1. The Kier molecular flexibility index (Phi) is 1.98. The van der Waals surface area contributed by atoms with Crippen molar-refractivity contribution in [3.63, 3.8) is 0 Å². The van der Waals surface area contributed by atoms with Crippen molar-refractivity contribution >= 4 is 11.9 Å². The number of amides is 3. The van der Waals surface area contributed by atoms with Crippen LogP contribution in [-0.2, 0) is 4.79 Å². The molecule has 1 aliphatic heterocycles. The van der Waals surface area contributed by atoms with Gasteiger partial charge in [0.05, 0.1) is 6.07 Å². The van der Waals surface area contributed by atoms with Crippen LogP contribution in [0.1, 0.15) is 13.8 Å². The number of imide groups is 1. The number of nitriles is 1. The van der Waals surface area contributed by atoms with Gasteiger partial charge in [0.1, 0.15) is 5.41 Å². The number of nitrogens with one attached hydrogen (secondary N) is 1. The van der Waals surface area contributed by atoms with Crippen LogP contribution in [0.25, 0.3) is 0 Å². The van der Waals surface area contributed by atoms with Crippen LogP contribution in [-0.4, -0.2) is 17.1 Å². The second kappa shape index (κ2) is 2.82. The number of urea groups is 1. The fourth-order valence-corrected chi connectivity index (χ4v) is 0.455. The van der Waals surface area contributed by atoms with Crippen molar-refractivity contribution in [3.8, 4) is 6.07 Å². The van der Waals surface area contributed by atoms with Gasteiger partial charge in [-0.15, -0.1) is 0 Å². The summed E-state index contributed by atoms with van der Waals surface area (Å²) in [7, 11) is 0. The zero-order chi connectivity index (χ0) is 10.1. The zero-order valence-corrected chi connectivity index (χ0v) is 7.11. The maximum absolute atomic E-state index is 11.2. The Morgan fingerprint density at radius 2 is 2.00 bits per heavy atom. The molecule has 0 atom stereocenters. The molecule has 0 aromatic rings. The molecule has 13 heavy (non-hydrogen) atoms. The molecule has 0 radical (unpaired) electrons. The second-order valence-electron chi connectivity index (χ2n) is 2.96. The lowest BCUT2D eigenvalue weighted by Gasteiger charge is -2.12. The lowest BCUT2D eigenvalue weighted by molar-refractivity contribution is -0.125. The zero-order valence-electron chi connectivity index (χ0n) is 7.11. The van der Waals surface area contributed by atoms with Crippen molar-refractivity contribution in [2.45, 2.75) is 13.8 Å². The third-order valence-corrected chi connectivity index (χ3v) is 1.43. The average molecular weight is 181 g/mol. The molecule has 1 rings (SSSR count). The van der Waals surface area contributed by atoms with Gasteiger partial charge in [-0.25, -0.2) is 4.79 Å². The van der Waals surface area contributed by atoms with E-state index in [1.54, 1.807) is 6.07 Å². The van der Waals surface area contributed by atoms with Crippen LogP contribution < -0.4 is 5.32 Å². The fraction of sp³-hybridized carbons (Fsp3) is 0.500. The number of nitrogens with zero attached hydrogens (tertiary/aromatic N) is 4. The summed E-state index contributed by atoms with van der Waals surface area (Å²) in [6.07, 6.45) is 0. The van der Waals surface area contributed by atoms with E-state index in [1.807, 2.05) is 5.32 Å². The molecule has 1 N–H and O–H groups in total. The van der Waals surface area contributed by atoms with Crippen molar-refractivity contribution in [1.29, 1.82) is 5.26 Å². The van der Waals surface area contributed by atoms with E-state index < -0.39 is 17.4 Å². The highest BCUT2D eigenvalue weighted by molar-refractivity contribution is 5.98. The Bertz CT molecular complexity index is 320. The average Bonchev–Trinajstić information content (AvgIpc) is 2.86. The highest BCUT2D eigenvalue weighted by Gasteiger charge is 2.32. The molecule has 0 fully saturated rings. The van der Waals surface area contributed by atoms with Gasteiger partial charge in [-0.1, -0.05) is 5.12 Å². The summed E-state index contributed by atoms with van der Waals surface area (Å²) in [6, 6.07) is 1.02. The maximum Gasteiger partial charge on any atom is 0.369 e. The van der Waals surface area contributed by atoms with Gasteiger partial charge in [0.2, 0.25) is 5.91 Å². The minimum atomic E-state index is -1.23. The lowest BCUT2D eigenvalue weighted by atomic mass is 9.95. The summed E-state index contributed by atoms with van der Waals surface area (Å²) < 4.78 is 0. The first kappa shape index (κ1) is 9.12. The maximum atomic E-state index is 11.2. The molecule has 0 saturated carbocycles. The molecule has 1 heterocycles. The number of rotatable bonds is 1. The van der Waals surface area contributed by atoms with Gasteiger partial charge >= 0.3 is 6.03 Å². The molecule has 0 bridgehead atoms. The minimum Gasteiger partial charge on any atom is -0.273 e. The van der Waals surface area contributed by atoms with Gasteiger partial charge < -0.3 is 0 Å². The third-order valence-electron chi connectivity index (χ3n) is 1.43. The summed E-state index contributed by atoms with van der Waals surface area (Å²) in [5.74, 6) is -0.669. The molecule has 0 unspecified atom stereocenters. The van der Waals surface area contributed by atoms with E-state index in [1.165, 1.54) is 13.8 Å². The molecule has 0 aromatic carbocycles. The molecule has 0 aliphatic carbocycles. The van der Waals surface area contributed by atoms with E-state index in [-0.39, 0.29) is 0 Å². The number of carbonyl (C=O) groups is 2. The number of hydrogen-bond acceptors (Lipinski definition) is 5. The summed E-state index contributed by atoms with van der Waals surface area (Å²) >= 11 is 0. The quantitative estimate of drug-likeness (QED) is 0.632. The van der Waals surface area contributed by atoms with Gasteiger partial charge in [0.15, 0.2) is 0 Å². The van der Waals surface area contributed by atoms with E-state index in [2.05, 4.69) is 10.4 Å². The van der Waals surface area contributed by atoms with E-state index >= 15 is 0 Å². The Hall–Kier alpha value is -1.97. The van der Waals surface area contributed by atoms with Crippen molar-refractivity contribution in [3.05, 3.63) is 0 Å². The number of carbonyl (C=O) groups excluding carboxylic acids is 2. The third kappa shape index (κ3) is 1.99. The van der Waals surface area contributed by atoms with Crippen molar-refractivity contribution in [2.75, 3.05) is 0 Å². The Balaban J connectivity index is 2.50. The topological polar surface area (TPSA) is 97.7 Å². The predicted molar refractivity (Wildman–Crippen MR) is 39.6 cm³/mol. The van der Waals surface area contributed by atoms with E-state index in [0.29, 0.717) is 0 Å². The fourth-order valence-electron chi connectivity index (χ4n) is 0.455. The molecule has 7 nitrogen and oxygen atoms in total. The van der Waals surface area contributed by atoms with Crippen LogP contribution in [0.4, 0.5) is 4.79 Å². The first-order valence-corrected chi connectivity index (χ1v) is 3.46. The van der Waals surface area contributed by atoms with Crippen molar-refractivity contribution in [1.82, 2.24) is 10.4 Å². The van der Waals surface area contributed by atoms with Crippen molar-refractivity contribution < 1.29 is 9.59 Å². The monoisotopic (exact) mass is 181 g/mol. The van der Waals surface area contributed by atoms with Crippen LogP contribution in [0.5, 0.6) is 0 Å². The van der Waals surface area contributed by atoms with Gasteiger partial charge in [0, 0.05) is 0 Å². The Labute approximate surface area is 74.0 Å². The Morgan fingerprint density at radius 1 is 1.46 bits per heavy atom. The molecule has 0 aromatic heterocycles. The van der Waals surface area contributed by atoms with Crippen LogP contribution in [0.3, 0.4) is 0 Å². The molecule has 68 valence electrons. The summed E-state index contributed by atoms with van der Waals surface area (Å²) in [5, 5.41) is 17.6. The minimum absolute atomic E-state index is 0.669. The van der Waals surface area contributed by atoms with Gasteiger partial charge in [-0.2, -0.15) is 5.26 Å². The van der Waals surface area contributed by atoms with E-state index in [4.69, 9.17) is 5.26 Å². The standard InChI is InChI=1S/C6H7N5O2/c1-6(2,3-7)4(12)8-5(13)11-9-10-11/h1-2H3,(H,8,12,13). The van der Waals surface area contributed by atoms with Crippen LogP contribution in [0.2, 0.25) is 0 Å². The van der Waals surface area contributed by atoms with Gasteiger partial charge in [0.25, 0.3) is 0 Å². The van der Waals surface area contributed by atoms with Crippen LogP contribution in [0.15, 0.2) is 10.4 Å². The second-order valence-corrected chi connectivity index (χ2v) is 2.96. The first-order valence-electron chi connectivity index (χ1n) is 3.46. The smallest absolute Gasteiger partial charge is 0.273 e. The highest BCUT2D eigenvalue weighted by atomic mass is 16.2. The van der Waals surface area contributed by atoms with E-state index in [0.717, 1.165) is 5.12 Å². The van der Waals surface area contributed by atoms with Gasteiger partial charge in [-0.3, -0.25) is 10.1 Å². The normalized spacial score (nSPS) is 13.5.